The number of amides is 1. The Kier molecular flexibility index (Phi) is 3.93. The molecule has 26 heavy (non-hydrogen) atoms. The van der Waals surface area contributed by atoms with Crippen LogP contribution in [0.3, 0.4) is 0 Å². The van der Waals surface area contributed by atoms with Crippen LogP contribution in [0.4, 0.5) is 0 Å². The molecule has 4 saturated carbocycles. The van der Waals surface area contributed by atoms with Gasteiger partial charge in [0, 0.05) is 38.1 Å². The summed E-state index contributed by atoms with van der Waals surface area (Å²) in [5.41, 5.74) is 1.19. The summed E-state index contributed by atoms with van der Waals surface area (Å²) in [5, 5.41) is 0. The minimum Gasteiger partial charge on any atom is -0.435 e. The fourth-order valence-electron chi connectivity index (χ4n) is 6.78. The van der Waals surface area contributed by atoms with Gasteiger partial charge in [-0.25, -0.2) is 4.98 Å². The van der Waals surface area contributed by atoms with E-state index in [1.807, 2.05) is 18.7 Å². The molecule has 1 saturated heterocycles. The number of aryl methyl sites for hydroxylation is 2. The second-order valence-corrected chi connectivity index (χ2v) is 9.30. The average Bonchev–Trinajstić information content (AvgIpc) is 3.01. The van der Waals surface area contributed by atoms with Crippen molar-refractivity contribution in [2.75, 3.05) is 26.2 Å². The van der Waals surface area contributed by atoms with E-state index in [0.29, 0.717) is 17.2 Å². The summed E-state index contributed by atoms with van der Waals surface area (Å²) in [6.07, 6.45) is 9.43. The molecule has 1 aliphatic heterocycles. The predicted molar refractivity (Wildman–Crippen MR) is 99.0 cm³/mol. The third-order valence-corrected chi connectivity index (χ3v) is 7.58. The molecular formula is C21H31N3O2. The lowest BCUT2D eigenvalue weighted by atomic mass is 9.52. The Morgan fingerprint density at radius 1 is 1.08 bits per heavy atom. The van der Waals surface area contributed by atoms with Crippen LogP contribution in [0.15, 0.2) is 4.42 Å². The van der Waals surface area contributed by atoms with Gasteiger partial charge in [-0.1, -0.05) is 6.92 Å². The lowest BCUT2D eigenvalue weighted by Gasteiger charge is -2.61. The van der Waals surface area contributed by atoms with Crippen molar-refractivity contribution in [3.63, 3.8) is 0 Å². The van der Waals surface area contributed by atoms with E-state index >= 15 is 0 Å². The van der Waals surface area contributed by atoms with Crippen LogP contribution >= 0.6 is 0 Å². The number of aromatic nitrogens is 1. The number of piperazine rings is 1. The number of nitrogens with zero attached hydrogens (tertiary/aromatic N) is 3. The Bertz CT molecular complexity index is 667. The van der Waals surface area contributed by atoms with E-state index < -0.39 is 0 Å². The molecule has 5 nitrogen and oxygen atoms in total. The van der Waals surface area contributed by atoms with E-state index in [2.05, 4.69) is 9.88 Å². The third-order valence-electron chi connectivity index (χ3n) is 7.58. The summed E-state index contributed by atoms with van der Waals surface area (Å²) in [6, 6.07) is 0. The third kappa shape index (κ3) is 2.62. The van der Waals surface area contributed by atoms with Gasteiger partial charge in [0.05, 0.1) is 5.69 Å². The summed E-state index contributed by atoms with van der Waals surface area (Å²) < 4.78 is 5.69. The van der Waals surface area contributed by atoms with Crippen LogP contribution in [0, 0.1) is 24.7 Å². The molecule has 2 heterocycles. The smallest absolute Gasteiger partial charge is 0.291 e. The standard InChI is InChI=1S/C21H31N3O2/c1-3-18-22-14(2)19(26-18)20(25)23-4-6-24(7-5-23)21-11-15-8-16(12-21)10-17(9-15)13-21/h15-17H,3-13H2,1-2H3. The second kappa shape index (κ2) is 6.08. The predicted octanol–water partition coefficient (Wildman–Crippen LogP) is 3.27. The molecule has 5 aliphatic rings. The molecule has 1 aromatic rings. The van der Waals surface area contributed by atoms with Gasteiger partial charge in [-0.05, 0) is 63.2 Å². The zero-order valence-electron chi connectivity index (χ0n) is 16.2. The van der Waals surface area contributed by atoms with E-state index in [0.717, 1.165) is 56.0 Å². The largest absolute Gasteiger partial charge is 0.435 e. The molecule has 5 fully saturated rings. The quantitative estimate of drug-likeness (QED) is 0.833. The Morgan fingerprint density at radius 2 is 1.65 bits per heavy atom. The van der Waals surface area contributed by atoms with Crippen LogP contribution in [-0.4, -0.2) is 52.4 Å². The molecule has 0 N–H and O–H groups in total. The SMILES string of the molecule is CCc1nc(C)c(C(=O)N2CCN(C34CC5CC(CC(C5)C3)C4)CC2)o1. The fourth-order valence-corrected chi connectivity index (χ4v) is 6.78. The molecule has 4 aliphatic carbocycles. The fraction of sp³-hybridized carbons (Fsp3) is 0.810. The molecule has 0 spiro atoms. The maximum absolute atomic E-state index is 12.9. The Labute approximate surface area is 156 Å². The molecule has 4 bridgehead atoms. The molecule has 142 valence electrons. The molecule has 0 aromatic carbocycles. The first kappa shape index (κ1) is 16.8. The van der Waals surface area contributed by atoms with Crippen molar-refractivity contribution in [3.8, 4) is 0 Å². The van der Waals surface area contributed by atoms with Crippen LogP contribution in [0.2, 0.25) is 0 Å². The van der Waals surface area contributed by atoms with Crippen molar-refractivity contribution in [1.29, 1.82) is 0 Å². The van der Waals surface area contributed by atoms with Gasteiger partial charge < -0.3 is 9.32 Å². The van der Waals surface area contributed by atoms with Crippen LogP contribution < -0.4 is 0 Å². The van der Waals surface area contributed by atoms with Gasteiger partial charge >= 0.3 is 0 Å². The summed E-state index contributed by atoms with van der Waals surface area (Å²) in [6.45, 7) is 7.56. The van der Waals surface area contributed by atoms with Crippen molar-refractivity contribution < 1.29 is 9.21 Å². The zero-order chi connectivity index (χ0) is 17.9. The number of hydrogen-bond acceptors (Lipinski definition) is 4. The first-order chi connectivity index (χ1) is 12.6. The maximum Gasteiger partial charge on any atom is 0.291 e. The Hall–Kier alpha value is -1.36. The Balaban J connectivity index is 1.26. The number of rotatable bonds is 3. The first-order valence-electron chi connectivity index (χ1n) is 10.6. The number of oxazole rings is 1. The van der Waals surface area contributed by atoms with E-state index in [-0.39, 0.29) is 5.91 Å². The van der Waals surface area contributed by atoms with E-state index in [1.165, 1.54) is 38.5 Å². The lowest BCUT2D eigenvalue weighted by molar-refractivity contribution is -0.0988. The van der Waals surface area contributed by atoms with Crippen molar-refractivity contribution in [1.82, 2.24) is 14.8 Å². The van der Waals surface area contributed by atoms with Crippen molar-refractivity contribution in [2.24, 2.45) is 17.8 Å². The topological polar surface area (TPSA) is 49.6 Å². The summed E-state index contributed by atoms with van der Waals surface area (Å²) >= 11 is 0. The zero-order valence-corrected chi connectivity index (χ0v) is 16.2. The molecule has 0 atom stereocenters. The monoisotopic (exact) mass is 357 g/mol. The van der Waals surface area contributed by atoms with Gasteiger partial charge in [-0.3, -0.25) is 9.69 Å². The molecular weight excluding hydrogens is 326 g/mol. The molecule has 0 radical (unpaired) electrons. The second-order valence-electron chi connectivity index (χ2n) is 9.30. The molecule has 1 aromatic heterocycles. The molecule has 5 heteroatoms. The van der Waals surface area contributed by atoms with Gasteiger partial charge in [-0.15, -0.1) is 0 Å². The maximum atomic E-state index is 12.9. The lowest BCUT2D eigenvalue weighted by Crippen LogP contribution is -2.64. The van der Waals surface area contributed by atoms with Gasteiger partial charge in [-0.2, -0.15) is 0 Å². The minimum atomic E-state index is 0.0277. The van der Waals surface area contributed by atoms with Crippen LogP contribution in [0.1, 0.15) is 67.6 Å². The van der Waals surface area contributed by atoms with Gasteiger partial charge in [0.25, 0.3) is 5.91 Å². The highest BCUT2D eigenvalue weighted by Gasteiger charge is 2.53. The average molecular weight is 357 g/mol. The van der Waals surface area contributed by atoms with Crippen molar-refractivity contribution in [2.45, 2.75) is 64.3 Å². The summed E-state index contributed by atoms with van der Waals surface area (Å²) in [4.78, 5) is 22.0. The van der Waals surface area contributed by atoms with Crippen molar-refractivity contribution >= 4 is 5.91 Å². The summed E-state index contributed by atoms with van der Waals surface area (Å²) in [5.74, 6) is 4.07. The molecule has 0 unspecified atom stereocenters. The molecule has 6 rings (SSSR count). The highest BCUT2D eigenvalue weighted by molar-refractivity contribution is 5.92. The molecule has 1 amide bonds. The van der Waals surface area contributed by atoms with Gasteiger partial charge in [0.1, 0.15) is 0 Å². The van der Waals surface area contributed by atoms with Crippen LogP contribution in [0.25, 0.3) is 0 Å². The minimum absolute atomic E-state index is 0.0277. The first-order valence-corrected chi connectivity index (χ1v) is 10.6. The van der Waals surface area contributed by atoms with Crippen LogP contribution in [0.5, 0.6) is 0 Å². The van der Waals surface area contributed by atoms with E-state index in [9.17, 15) is 4.79 Å². The van der Waals surface area contributed by atoms with Gasteiger partial charge in [0.2, 0.25) is 5.76 Å². The number of carbonyl (C=O) groups is 1. The van der Waals surface area contributed by atoms with E-state index in [4.69, 9.17) is 4.42 Å². The van der Waals surface area contributed by atoms with E-state index in [1.54, 1.807) is 0 Å². The normalized spacial score (nSPS) is 36.7. The van der Waals surface area contributed by atoms with Gasteiger partial charge in [0.15, 0.2) is 5.89 Å². The summed E-state index contributed by atoms with van der Waals surface area (Å²) in [7, 11) is 0. The number of hydrogen-bond donors (Lipinski definition) is 0. The highest BCUT2D eigenvalue weighted by Crippen LogP contribution is 2.57. The highest BCUT2D eigenvalue weighted by atomic mass is 16.4. The number of carbonyl (C=O) groups excluding carboxylic acids is 1. The Morgan fingerprint density at radius 3 is 2.15 bits per heavy atom. The van der Waals surface area contributed by atoms with Crippen LogP contribution in [-0.2, 0) is 6.42 Å². The van der Waals surface area contributed by atoms with Crippen molar-refractivity contribution in [3.05, 3.63) is 17.3 Å².